The second-order valence-electron chi connectivity index (χ2n) is 4.01. The predicted molar refractivity (Wildman–Crippen MR) is 84.1 cm³/mol. The second kappa shape index (κ2) is 6.50. The van der Waals surface area contributed by atoms with Gasteiger partial charge in [0.1, 0.15) is 0 Å². The first-order valence-electron chi connectivity index (χ1n) is 5.90. The van der Waals surface area contributed by atoms with E-state index in [1.165, 1.54) is 0 Å². The van der Waals surface area contributed by atoms with Crippen LogP contribution in [0.3, 0.4) is 0 Å². The van der Waals surface area contributed by atoms with Crippen molar-refractivity contribution in [2.45, 2.75) is 6.42 Å². The number of hydrogen-bond donors (Lipinski definition) is 1. The van der Waals surface area contributed by atoms with Crippen LogP contribution in [0.2, 0.25) is 5.02 Å². The van der Waals surface area contributed by atoms with Gasteiger partial charge in [-0.3, -0.25) is 0 Å². The van der Waals surface area contributed by atoms with E-state index in [0.29, 0.717) is 28.8 Å². The molecular formula is C14H14ClN3S. The van der Waals surface area contributed by atoms with Gasteiger partial charge in [0.2, 0.25) is 0 Å². The third kappa shape index (κ3) is 3.66. The molecule has 19 heavy (non-hydrogen) atoms. The first kappa shape index (κ1) is 13.8. The fourth-order valence-corrected chi connectivity index (χ4v) is 2.08. The monoisotopic (exact) mass is 291 g/mol. The lowest BCUT2D eigenvalue weighted by Crippen LogP contribution is -2.24. The molecule has 0 fully saturated rings. The highest BCUT2D eigenvalue weighted by Gasteiger charge is 2.13. The van der Waals surface area contributed by atoms with Crippen molar-refractivity contribution in [1.29, 1.82) is 0 Å². The van der Waals surface area contributed by atoms with Crippen LogP contribution in [0.4, 0.5) is 11.5 Å². The normalized spacial score (nSPS) is 10.2. The number of aromatic nitrogens is 1. The van der Waals surface area contributed by atoms with E-state index in [-0.39, 0.29) is 0 Å². The van der Waals surface area contributed by atoms with Crippen molar-refractivity contribution in [3.05, 3.63) is 53.7 Å². The van der Waals surface area contributed by atoms with E-state index >= 15 is 0 Å². The Bertz CT molecular complexity index is 560. The number of nitrogens with zero attached hydrogens (tertiary/aromatic N) is 2. The Labute approximate surface area is 123 Å². The third-order valence-electron chi connectivity index (χ3n) is 2.64. The number of thiocarbonyl (C=S) groups is 1. The van der Waals surface area contributed by atoms with Gasteiger partial charge in [0.05, 0.1) is 10.0 Å². The van der Waals surface area contributed by atoms with Crippen molar-refractivity contribution in [1.82, 2.24) is 4.98 Å². The zero-order chi connectivity index (χ0) is 13.7. The molecule has 0 aliphatic rings. The summed E-state index contributed by atoms with van der Waals surface area (Å²) in [5.74, 6) is 0.714. The fourth-order valence-electron chi connectivity index (χ4n) is 1.76. The van der Waals surface area contributed by atoms with Crippen LogP contribution >= 0.6 is 23.8 Å². The summed E-state index contributed by atoms with van der Waals surface area (Å²) in [6, 6.07) is 13.5. The predicted octanol–water partition coefficient (Wildman–Crippen LogP) is 3.55. The summed E-state index contributed by atoms with van der Waals surface area (Å²) >= 11 is 11.2. The molecule has 0 saturated carbocycles. The number of rotatable bonds is 5. The molecule has 2 aromatic rings. The standard InChI is InChI=1S/C14H14ClN3S/c15-12-7-4-9-17-14(12)18(10-8-13(16)19)11-5-2-1-3-6-11/h1-7,9H,8,10H2,(H2,16,19). The van der Waals surface area contributed by atoms with Crippen LogP contribution < -0.4 is 10.6 Å². The summed E-state index contributed by atoms with van der Waals surface area (Å²) in [6.07, 6.45) is 2.33. The van der Waals surface area contributed by atoms with E-state index < -0.39 is 0 Å². The van der Waals surface area contributed by atoms with Crippen molar-refractivity contribution >= 4 is 40.3 Å². The highest BCUT2D eigenvalue weighted by Crippen LogP contribution is 2.29. The van der Waals surface area contributed by atoms with Crippen molar-refractivity contribution in [2.75, 3.05) is 11.4 Å². The number of hydrogen-bond acceptors (Lipinski definition) is 3. The molecule has 1 heterocycles. The number of para-hydroxylation sites is 1. The van der Waals surface area contributed by atoms with Crippen LogP contribution in [-0.2, 0) is 0 Å². The number of nitrogens with two attached hydrogens (primary N) is 1. The van der Waals surface area contributed by atoms with Crippen molar-refractivity contribution < 1.29 is 0 Å². The molecule has 1 aromatic carbocycles. The van der Waals surface area contributed by atoms with Crippen LogP contribution in [0.25, 0.3) is 0 Å². The maximum atomic E-state index is 6.22. The van der Waals surface area contributed by atoms with Gasteiger partial charge >= 0.3 is 0 Å². The second-order valence-corrected chi connectivity index (χ2v) is 4.94. The lowest BCUT2D eigenvalue weighted by molar-refractivity contribution is 0.944. The molecule has 0 aliphatic heterocycles. The molecule has 0 radical (unpaired) electrons. The van der Waals surface area contributed by atoms with Crippen LogP contribution in [0.1, 0.15) is 6.42 Å². The zero-order valence-electron chi connectivity index (χ0n) is 10.3. The first-order valence-corrected chi connectivity index (χ1v) is 6.68. The maximum Gasteiger partial charge on any atom is 0.151 e. The Morgan fingerprint density at radius 1 is 1.21 bits per heavy atom. The van der Waals surface area contributed by atoms with E-state index in [4.69, 9.17) is 29.6 Å². The number of benzene rings is 1. The minimum absolute atomic E-state index is 0.480. The van der Waals surface area contributed by atoms with E-state index in [9.17, 15) is 0 Å². The molecular weight excluding hydrogens is 278 g/mol. The number of pyridine rings is 1. The summed E-state index contributed by atoms with van der Waals surface area (Å²) < 4.78 is 0. The van der Waals surface area contributed by atoms with Crippen LogP contribution in [0, 0.1) is 0 Å². The van der Waals surface area contributed by atoms with Gasteiger partial charge in [0.15, 0.2) is 5.82 Å². The molecule has 0 unspecified atom stereocenters. The quantitative estimate of drug-likeness (QED) is 0.856. The smallest absolute Gasteiger partial charge is 0.151 e. The topological polar surface area (TPSA) is 42.1 Å². The molecule has 0 spiro atoms. The molecule has 2 N–H and O–H groups in total. The molecule has 0 saturated heterocycles. The van der Waals surface area contributed by atoms with E-state index in [2.05, 4.69) is 4.98 Å². The van der Waals surface area contributed by atoms with E-state index in [0.717, 1.165) is 5.69 Å². The third-order valence-corrected chi connectivity index (χ3v) is 3.14. The van der Waals surface area contributed by atoms with Gasteiger partial charge in [-0.1, -0.05) is 42.0 Å². The van der Waals surface area contributed by atoms with E-state index in [1.807, 2.05) is 47.4 Å². The molecule has 2 rings (SSSR count). The fraction of sp³-hybridized carbons (Fsp3) is 0.143. The number of anilines is 2. The highest BCUT2D eigenvalue weighted by molar-refractivity contribution is 7.80. The highest BCUT2D eigenvalue weighted by atomic mass is 35.5. The van der Waals surface area contributed by atoms with Gasteiger partial charge in [0.25, 0.3) is 0 Å². The molecule has 98 valence electrons. The zero-order valence-corrected chi connectivity index (χ0v) is 11.9. The Kier molecular flexibility index (Phi) is 4.71. The van der Waals surface area contributed by atoms with Crippen LogP contribution in [0.5, 0.6) is 0 Å². The Morgan fingerprint density at radius 3 is 2.58 bits per heavy atom. The maximum absolute atomic E-state index is 6.22. The SMILES string of the molecule is NC(=S)CCN(c1ccccc1)c1ncccc1Cl. The average Bonchev–Trinajstić information content (AvgIpc) is 2.42. The van der Waals surface area contributed by atoms with Gasteiger partial charge in [0, 0.05) is 24.8 Å². The molecule has 1 aromatic heterocycles. The Hall–Kier alpha value is -1.65. The summed E-state index contributed by atoms with van der Waals surface area (Å²) in [5.41, 5.74) is 6.60. The van der Waals surface area contributed by atoms with Crippen molar-refractivity contribution in [3.63, 3.8) is 0 Å². The Balaban J connectivity index is 2.35. The molecule has 0 amide bonds. The van der Waals surface area contributed by atoms with Gasteiger partial charge in [-0.25, -0.2) is 4.98 Å². The average molecular weight is 292 g/mol. The lowest BCUT2D eigenvalue weighted by atomic mass is 10.2. The first-order chi connectivity index (χ1) is 9.18. The minimum atomic E-state index is 0.480. The number of halogens is 1. The summed E-state index contributed by atoms with van der Waals surface area (Å²) in [4.78, 5) is 6.84. The molecule has 0 aliphatic carbocycles. The summed E-state index contributed by atoms with van der Waals surface area (Å²) in [7, 11) is 0. The van der Waals surface area contributed by atoms with Crippen LogP contribution in [0.15, 0.2) is 48.7 Å². The Morgan fingerprint density at radius 2 is 1.95 bits per heavy atom. The van der Waals surface area contributed by atoms with Crippen molar-refractivity contribution in [2.24, 2.45) is 5.73 Å². The molecule has 3 nitrogen and oxygen atoms in total. The largest absolute Gasteiger partial charge is 0.393 e. The van der Waals surface area contributed by atoms with Gasteiger partial charge in [-0.15, -0.1) is 0 Å². The molecule has 0 atom stereocenters. The lowest BCUT2D eigenvalue weighted by Gasteiger charge is -2.24. The molecule has 0 bridgehead atoms. The summed E-state index contributed by atoms with van der Waals surface area (Å²) in [6.45, 7) is 0.649. The molecule has 5 heteroatoms. The van der Waals surface area contributed by atoms with E-state index in [1.54, 1.807) is 6.20 Å². The van der Waals surface area contributed by atoms with Crippen molar-refractivity contribution in [3.8, 4) is 0 Å². The summed E-state index contributed by atoms with van der Waals surface area (Å²) in [5, 5.41) is 0.606. The van der Waals surface area contributed by atoms with Gasteiger partial charge in [-0.2, -0.15) is 0 Å². The van der Waals surface area contributed by atoms with Crippen LogP contribution in [-0.4, -0.2) is 16.5 Å². The van der Waals surface area contributed by atoms with Gasteiger partial charge < -0.3 is 10.6 Å². The van der Waals surface area contributed by atoms with Gasteiger partial charge in [-0.05, 0) is 24.3 Å². The minimum Gasteiger partial charge on any atom is -0.393 e.